The third kappa shape index (κ3) is 3.00. The van der Waals surface area contributed by atoms with Gasteiger partial charge in [-0.2, -0.15) is 0 Å². The summed E-state index contributed by atoms with van der Waals surface area (Å²) in [6.45, 7) is 3.97. The maximum Gasteiger partial charge on any atom is 0.268 e. The van der Waals surface area contributed by atoms with Gasteiger partial charge < -0.3 is 14.8 Å². The van der Waals surface area contributed by atoms with Crippen molar-refractivity contribution in [3.05, 3.63) is 66.4 Å². The molecule has 2 aliphatic rings. The Morgan fingerprint density at radius 1 is 1.07 bits per heavy atom. The van der Waals surface area contributed by atoms with Crippen molar-refractivity contribution in [2.24, 2.45) is 5.92 Å². The van der Waals surface area contributed by atoms with Crippen molar-refractivity contribution < 1.29 is 17.9 Å². The molecular weight excluding hydrogens is 400 g/mol. The molecule has 1 aromatic heterocycles. The van der Waals surface area contributed by atoms with E-state index < -0.39 is 15.8 Å². The first kappa shape index (κ1) is 19.8. The van der Waals surface area contributed by atoms with E-state index in [1.807, 2.05) is 36.4 Å². The number of para-hydroxylation sites is 1. The van der Waals surface area contributed by atoms with Crippen LogP contribution in [0.25, 0.3) is 10.9 Å². The fourth-order valence-corrected chi connectivity index (χ4v) is 6.58. The van der Waals surface area contributed by atoms with Crippen LogP contribution in [-0.2, 0) is 19.5 Å². The van der Waals surface area contributed by atoms with Gasteiger partial charge >= 0.3 is 0 Å². The van der Waals surface area contributed by atoms with Crippen molar-refractivity contribution in [2.45, 2.75) is 36.5 Å². The lowest BCUT2D eigenvalue weighted by Gasteiger charge is -2.44. The summed E-state index contributed by atoms with van der Waals surface area (Å²) in [6, 6.07) is 18.0. The average molecular weight is 427 g/mol. The minimum Gasteiger partial charge on any atom is -0.347 e. The molecule has 2 atom stereocenters. The Balaban J connectivity index is 1.71. The van der Waals surface area contributed by atoms with Crippen LogP contribution in [0.5, 0.6) is 0 Å². The molecule has 1 spiro atoms. The average Bonchev–Trinajstić information content (AvgIpc) is 3.39. The second-order valence-electron chi connectivity index (χ2n) is 7.92. The van der Waals surface area contributed by atoms with Gasteiger partial charge in [-0.1, -0.05) is 43.3 Å². The normalized spacial score (nSPS) is 23.9. The van der Waals surface area contributed by atoms with E-state index >= 15 is 0 Å². The van der Waals surface area contributed by atoms with Gasteiger partial charge in [-0.25, -0.2) is 12.4 Å². The molecule has 2 aromatic carbocycles. The molecule has 158 valence electrons. The lowest BCUT2D eigenvalue weighted by atomic mass is 9.81. The van der Waals surface area contributed by atoms with Crippen molar-refractivity contribution in [3.8, 4) is 0 Å². The second kappa shape index (κ2) is 7.50. The SMILES string of the molecule is CC[C@H]1[C@@H](c2cc3ccccc3n2S(=O)(=O)c2ccccc2)NCCC12OCCO2. The molecular formula is C23H26N2O4S. The summed E-state index contributed by atoms with van der Waals surface area (Å²) in [4.78, 5) is 0.277. The number of fused-ring (bicyclic) bond motifs is 1. The summed E-state index contributed by atoms with van der Waals surface area (Å²) >= 11 is 0. The highest BCUT2D eigenvalue weighted by Gasteiger charge is 2.50. The molecule has 3 heterocycles. The van der Waals surface area contributed by atoms with Crippen LogP contribution < -0.4 is 5.32 Å². The van der Waals surface area contributed by atoms with Crippen molar-refractivity contribution in [1.82, 2.24) is 9.29 Å². The Morgan fingerprint density at radius 2 is 1.77 bits per heavy atom. The topological polar surface area (TPSA) is 69.6 Å². The molecule has 30 heavy (non-hydrogen) atoms. The zero-order chi connectivity index (χ0) is 20.8. The molecule has 1 N–H and O–H groups in total. The summed E-state index contributed by atoms with van der Waals surface area (Å²) in [5.74, 6) is -0.648. The molecule has 0 radical (unpaired) electrons. The first-order valence-electron chi connectivity index (χ1n) is 10.5. The van der Waals surface area contributed by atoms with Crippen LogP contribution in [0.3, 0.4) is 0 Å². The highest BCUT2D eigenvalue weighted by atomic mass is 32.2. The predicted molar refractivity (Wildman–Crippen MR) is 115 cm³/mol. The molecule has 7 heteroatoms. The fraction of sp³-hybridized carbons (Fsp3) is 0.391. The van der Waals surface area contributed by atoms with Crippen LogP contribution in [-0.4, -0.2) is 37.9 Å². The van der Waals surface area contributed by atoms with E-state index in [1.54, 1.807) is 24.3 Å². The van der Waals surface area contributed by atoms with Gasteiger partial charge in [-0.05, 0) is 30.7 Å². The van der Waals surface area contributed by atoms with Crippen molar-refractivity contribution >= 4 is 20.9 Å². The van der Waals surface area contributed by atoms with Crippen molar-refractivity contribution in [3.63, 3.8) is 0 Å². The maximum atomic E-state index is 13.8. The number of hydrogen-bond acceptors (Lipinski definition) is 5. The van der Waals surface area contributed by atoms with Crippen LogP contribution in [0.1, 0.15) is 31.5 Å². The molecule has 0 saturated carbocycles. The largest absolute Gasteiger partial charge is 0.347 e. The van der Waals surface area contributed by atoms with Crippen LogP contribution in [0, 0.1) is 5.92 Å². The number of nitrogens with one attached hydrogen (secondary N) is 1. The van der Waals surface area contributed by atoms with Gasteiger partial charge in [0.05, 0.1) is 35.4 Å². The van der Waals surface area contributed by atoms with E-state index in [4.69, 9.17) is 9.47 Å². The molecule has 0 unspecified atom stereocenters. The molecule has 0 amide bonds. The van der Waals surface area contributed by atoms with Crippen LogP contribution in [0.15, 0.2) is 65.6 Å². The summed E-state index contributed by atoms with van der Waals surface area (Å²) in [6.07, 6.45) is 1.57. The quantitative estimate of drug-likeness (QED) is 0.689. The van der Waals surface area contributed by atoms with E-state index in [0.29, 0.717) is 25.3 Å². The van der Waals surface area contributed by atoms with E-state index in [1.165, 1.54) is 3.97 Å². The molecule has 6 nitrogen and oxygen atoms in total. The van der Waals surface area contributed by atoms with Gasteiger partial charge in [0.15, 0.2) is 5.79 Å². The highest BCUT2D eigenvalue weighted by Crippen LogP contribution is 2.45. The monoisotopic (exact) mass is 426 g/mol. The third-order valence-corrected chi connectivity index (χ3v) is 8.07. The van der Waals surface area contributed by atoms with Crippen molar-refractivity contribution in [2.75, 3.05) is 19.8 Å². The number of aromatic nitrogens is 1. The van der Waals surface area contributed by atoms with Gasteiger partial charge in [0.25, 0.3) is 10.0 Å². The van der Waals surface area contributed by atoms with E-state index in [-0.39, 0.29) is 16.9 Å². The van der Waals surface area contributed by atoms with Gasteiger partial charge in [0, 0.05) is 24.3 Å². The Hall–Kier alpha value is -2.19. The maximum absolute atomic E-state index is 13.8. The smallest absolute Gasteiger partial charge is 0.268 e. The number of nitrogens with zero attached hydrogens (tertiary/aromatic N) is 1. The van der Waals surface area contributed by atoms with E-state index in [0.717, 1.165) is 23.9 Å². The summed E-state index contributed by atoms with van der Waals surface area (Å²) in [5, 5.41) is 4.47. The van der Waals surface area contributed by atoms with E-state index in [2.05, 4.69) is 12.2 Å². The summed E-state index contributed by atoms with van der Waals surface area (Å²) in [7, 11) is -3.77. The highest BCUT2D eigenvalue weighted by molar-refractivity contribution is 7.90. The number of benzene rings is 2. The fourth-order valence-electron chi connectivity index (χ4n) is 5.00. The molecule has 2 aliphatic heterocycles. The number of hydrogen-bond donors (Lipinski definition) is 1. The first-order chi connectivity index (χ1) is 14.6. The zero-order valence-electron chi connectivity index (χ0n) is 17.0. The minimum absolute atomic E-state index is 0.00258. The number of rotatable bonds is 4. The molecule has 0 bridgehead atoms. The number of piperidine rings is 1. The van der Waals surface area contributed by atoms with Crippen LogP contribution in [0.2, 0.25) is 0 Å². The van der Waals surface area contributed by atoms with Crippen LogP contribution in [0.4, 0.5) is 0 Å². The molecule has 2 fully saturated rings. The van der Waals surface area contributed by atoms with Crippen LogP contribution >= 0.6 is 0 Å². The Kier molecular flexibility index (Phi) is 4.94. The number of ether oxygens (including phenoxy) is 2. The summed E-state index contributed by atoms with van der Waals surface area (Å²) < 4.78 is 41.2. The predicted octanol–water partition coefficient (Wildman–Crippen LogP) is 3.68. The van der Waals surface area contributed by atoms with Gasteiger partial charge in [-0.3, -0.25) is 0 Å². The zero-order valence-corrected chi connectivity index (χ0v) is 17.8. The molecule has 5 rings (SSSR count). The van der Waals surface area contributed by atoms with Gasteiger partial charge in [0.1, 0.15) is 0 Å². The van der Waals surface area contributed by atoms with Gasteiger partial charge in [0.2, 0.25) is 0 Å². The first-order valence-corrected chi connectivity index (χ1v) is 11.9. The van der Waals surface area contributed by atoms with Gasteiger partial charge in [-0.15, -0.1) is 0 Å². The lowest BCUT2D eigenvalue weighted by Crippen LogP contribution is -2.53. The molecule has 2 saturated heterocycles. The van der Waals surface area contributed by atoms with E-state index in [9.17, 15) is 8.42 Å². The Labute approximate surface area is 176 Å². The Bertz CT molecular complexity index is 1150. The Morgan fingerprint density at radius 3 is 2.50 bits per heavy atom. The standard InChI is InChI=1S/C23H26N2O4S/c1-2-19-22(24-13-12-23(19)28-14-15-29-23)21-16-17-8-6-7-11-20(17)25(21)30(26,27)18-9-4-3-5-10-18/h3-11,16,19,22,24H,2,12-15H2,1H3/t19-,22-/m0/s1. The summed E-state index contributed by atoms with van der Waals surface area (Å²) in [5.41, 5.74) is 1.41. The lowest BCUT2D eigenvalue weighted by molar-refractivity contribution is -0.219. The third-order valence-electron chi connectivity index (χ3n) is 6.31. The molecule has 3 aromatic rings. The molecule has 0 aliphatic carbocycles. The minimum atomic E-state index is -3.77. The van der Waals surface area contributed by atoms with Crippen molar-refractivity contribution in [1.29, 1.82) is 0 Å². The second-order valence-corrected chi connectivity index (χ2v) is 9.70.